The zero-order valence-corrected chi connectivity index (χ0v) is 13.2. The number of carboxylic acids is 1. The first-order valence-corrected chi connectivity index (χ1v) is 7.09. The molecule has 2 aromatic rings. The third-order valence-corrected chi connectivity index (χ3v) is 3.71. The average Bonchev–Trinajstić information content (AvgIpc) is 2.43. The van der Waals surface area contributed by atoms with Crippen molar-refractivity contribution in [1.29, 1.82) is 0 Å². The molecular formula is C16H14BrNO3. The van der Waals surface area contributed by atoms with Crippen molar-refractivity contribution in [3.05, 3.63) is 63.1 Å². The molecule has 0 spiro atoms. The van der Waals surface area contributed by atoms with Gasteiger partial charge in [0, 0.05) is 4.47 Å². The fourth-order valence-electron chi connectivity index (χ4n) is 1.95. The summed E-state index contributed by atoms with van der Waals surface area (Å²) in [5, 5.41) is 11.9. The van der Waals surface area contributed by atoms with E-state index >= 15 is 0 Å². The van der Waals surface area contributed by atoms with Crippen molar-refractivity contribution in [2.45, 2.75) is 13.8 Å². The first kappa shape index (κ1) is 15.3. The Hall–Kier alpha value is -2.14. The van der Waals surface area contributed by atoms with Crippen molar-refractivity contribution in [2.24, 2.45) is 0 Å². The van der Waals surface area contributed by atoms with Crippen LogP contribution in [0.2, 0.25) is 0 Å². The number of benzene rings is 2. The van der Waals surface area contributed by atoms with Gasteiger partial charge in [-0.15, -0.1) is 0 Å². The van der Waals surface area contributed by atoms with E-state index in [1.807, 2.05) is 13.0 Å². The van der Waals surface area contributed by atoms with E-state index in [0.717, 1.165) is 11.1 Å². The molecule has 0 aliphatic carbocycles. The molecule has 0 fully saturated rings. The van der Waals surface area contributed by atoms with Crippen LogP contribution < -0.4 is 5.32 Å². The fraction of sp³-hybridized carbons (Fsp3) is 0.125. The zero-order valence-electron chi connectivity index (χ0n) is 11.6. The van der Waals surface area contributed by atoms with E-state index in [2.05, 4.69) is 21.2 Å². The molecule has 108 valence electrons. The molecule has 0 radical (unpaired) electrons. The van der Waals surface area contributed by atoms with E-state index in [0.29, 0.717) is 10.0 Å². The van der Waals surface area contributed by atoms with Crippen LogP contribution in [-0.2, 0) is 0 Å². The van der Waals surface area contributed by atoms with Gasteiger partial charge in [0.15, 0.2) is 0 Å². The van der Waals surface area contributed by atoms with E-state index in [-0.39, 0.29) is 17.2 Å². The van der Waals surface area contributed by atoms with Crippen LogP contribution in [0.1, 0.15) is 31.8 Å². The predicted octanol–water partition coefficient (Wildman–Crippen LogP) is 4.02. The molecule has 2 aromatic carbocycles. The number of rotatable bonds is 3. The number of hydrogen-bond donors (Lipinski definition) is 2. The van der Waals surface area contributed by atoms with Gasteiger partial charge in [0.2, 0.25) is 0 Å². The Morgan fingerprint density at radius 1 is 1.00 bits per heavy atom. The molecule has 1 amide bonds. The van der Waals surface area contributed by atoms with Crippen molar-refractivity contribution < 1.29 is 14.7 Å². The monoisotopic (exact) mass is 347 g/mol. The number of carbonyl (C=O) groups is 2. The third kappa shape index (κ3) is 3.49. The second-order valence-electron chi connectivity index (χ2n) is 4.79. The maximum atomic E-state index is 12.3. The number of aryl methyl sites for hydroxylation is 2. The normalized spacial score (nSPS) is 10.2. The molecule has 0 saturated carbocycles. The van der Waals surface area contributed by atoms with E-state index in [1.165, 1.54) is 6.07 Å². The first-order valence-electron chi connectivity index (χ1n) is 6.30. The van der Waals surface area contributed by atoms with E-state index < -0.39 is 5.97 Å². The molecule has 5 heteroatoms. The lowest BCUT2D eigenvalue weighted by molar-refractivity contribution is 0.0698. The van der Waals surface area contributed by atoms with Gasteiger partial charge in [0.05, 0.1) is 16.8 Å². The van der Waals surface area contributed by atoms with Gasteiger partial charge in [-0.05, 0) is 54.0 Å². The largest absolute Gasteiger partial charge is 0.478 e. The van der Waals surface area contributed by atoms with Crippen LogP contribution in [0.25, 0.3) is 0 Å². The highest BCUT2D eigenvalue weighted by atomic mass is 79.9. The standard InChI is InChI=1S/C16H14BrNO3/c1-9-3-5-13(17)11(7-9)15(19)18-14-6-4-10(2)8-12(14)16(20)21/h3-8H,1-2H3,(H,18,19)(H,20,21). The lowest BCUT2D eigenvalue weighted by Crippen LogP contribution is -2.15. The summed E-state index contributed by atoms with van der Waals surface area (Å²) in [5.74, 6) is -1.42. The number of anilines is 1. The second-order valence-corrected chi connectivity index (χ2v) is 5.65. The van der Waals surface area contributed by atoms with Crippen molar-refractivity contribution >= 4 is 33.5 Å². The Kier molecular flexibility index (Phi) is 4.43. The maximum Gasteiger partial charge on any atom is 0.337 e. The molecule has 0 aliphatic rings. The van der Waals surface area contributed by atoms with Crippen LogP contribution in [0.3, 0.4) is 0 Å². The Labute approximate surface area is 130 Å². The average molecular weight is 348 g/mol. The first-order chi connectivity index (χ1) is 9.88. The number of carbonyl (C=O) groups excluding carboxylic acids is 1. The highest BCUT2D eigenvalue weighted by molar-refractivity contribution is 9.10. The maximum absolute atomic E-state index is 12.3. The molecule has 2 N–H and O–H groups in total. The molecule has 2 rings (SSSR count). The number of aromatic carboxylic acids is 1. The summed E-state index contributed by atoms with van der Waals surface area (Å²) in [5.41, 5.74) is 2.60. The van der Waals surface area contributed by atoms with Crippen LogP contribution in [0.5, 0.6) is 0 Å². The van der Waals surface area contributed by atoms with Crippen molar-refractivity contribution in [3.8, 4) is 0 Å². The van der Waals surface area contributed by atoms with Gasteiger partial charge in [0.25, 0.3) is 5.91 Å². The molecule has 0 saturated heterocycles. The van der Waals surface area contributed by atoms with Gasteiger partial charge in [-0.25, -0.2) is 4.79 Å². The van der Waals surface area contributed by atoms with E-state index in [1.54, 1.807) is 31.2 Å². The van der Waals surface area contributed by atoms with Gasteiger partial charge in [0.1, 0.15) is 0 Å². The molecule has 0 bridgehead atoms. The minimum Gasteiger partial charge on any atom is -0.478 e. The summed E-state index contributed by atoms with van der Waals surface area (Å²) >= 11 is 3.33. The topological polar surface area (TPSA) is 66.4 Å². The molecular weight excluding hydrogens is 334 g/mol. The quantitative estimate of drug-likeness (QED) is 0.881. The van der Waals surface area contributed by atoms with Crippen LogP contribution >= 0.6 is 15.9 Å². The van der Waals surface area contributed by atoms with Crippen molar-refractivity contribution in [2.75, 3.05) is 5.32 Å². The smallest absolute Gasteiger partial charge is 0.337 e. The summed E-state index contributed by atoms with van der Waals surface area (Å²) in [6.45, 7) is 3.69. The molecule has 0 unspecified atom stereocenters. The minimum absolute atomic E-state index is 0.0760. The van der Waals surface area contributed by atoms with Crippen LogP contribution in [0, 0.1) is 13.8 Å². The molecule has 0 heterocycles. The van der Waals surface area contributed by atoms with Crippen LogP contribution in [0.4, 0.5) is 5.69 Å². The van der Waals surface area contributed by atoms with Gasteiger partial charge in [-0.2, -0.15) is 0 Å². The number of carboxylic acid groups (broad SMARTS) is 1. The van der Waals surface area contributed by atoms with Gasteiger partial charge < -0.3 is 10.4 Å². The highest BCUT2D eigenvalue weighted by Crippen LogP contribution is 2.22. The molecule has 0 aliphatic heterocycles. The van der Waals surface area contributed by atoms with E-state index in [9.17, 15) is 14.7 Å². The van der Waals surface area contributed by atoms with Crippen molar-refractivity contribution in [3.63, 3.8) is 0 Å². The Morgan fingerprint density at radius 3 is 2.19 bits per heavy atom. The second kappa shape index (κ2) is 6.10. The van der Waals surface area contributed by atoms with Crippen LogP contribution in [0.15, 0.2) is 40.9 Å². The number of nitrogens with one attached hydrogen (secondary N) is 1. The number of halogens is 1. The van der Waals surface area contributed by atoms with E-state index in [4.69, 9.17) is 0 Å². The SMILES string of the molecule is Cc1ccc(Br)c(C(=O)Nc2ccc(C)cc2C(=O)O)c1. The summed E-state index contributed by atoms with van der Waals surface area (Å²) in [7, 11) is 0. The Bertz CT molecular complexity index is 725. The Morgan fingerprint density at radius 2 is 1.57 bits per heavy atom. The van der Waals surface area contributed by atoms with Crippen molar-refractivity contribution in [1.82, 2.24) is 0 Å². The molecule has 21 heavy (non-hydrogen) atoms. The van der Waals surface area contributed by atoms with Crippen LogP contribution in [-0.4, -0.2) is 17.0 Å². The minimum atomic E-state index is -1.07. The third-order valence-electron chi connectivity index (χ3n) is 3.02. The summed E-state index contributed by atoms with van der Waals surface area (Å²) in [6.07, 6.45) is 0. The summed E-state index contributed by atoms with van der Waals surface area (Å²) in [6, 6.07) is 10.3. The Balaban J connectivity index is 2.36. The summed E-state index contributed by atoms with van der Waals surface area (Å²) in [4.78, 5) is 23.6. The van der Waals surface area contributed by atoms with Gasteiger partial charge in [-0.3, -0.25) is 4.79 Å². The highest BCUT2D eigenvalue weighted by Gasteiger charge is 2.15. The fourth-order valence-corrected chi connectivity index (χ4v) is 2.37. The lowest BCUT2D eigenvalue weighted by Gasteiger charge is -2.11. The number of amides is 1. The number of hydrogen-bond acceptors (Lipinski definition) is 2. The molecule has 0 aromatic heterocycles. The van der Waals surface area contributed by atoms with Gasteiger partial charge in [-0.1, -0.05) is 23.3 Å². The molecule has 0 atom stereocenters. The van der Waals surface area contributed by atoms with Gasteiger partial charge >= 0.3 is 5.97 Å². The summed E-state index contributed by atoms with van der Waals surface area (Å²) < 4.78 is 0.662. The molecule has 4 nitrogen and oxygen atoms in total. The zero-order chi connectivity index (χ0) is 15.6. The lowest BCUT2D eigenvalue weighted by atomic mass is 10.1. The predicted molar refractivity (Wildman–Crippen MR) is 85.0 cm³/mol.